The molecule has 0 radical (unpaired) electrons. The summed E-state index contributed by atoms with van der Waals surface area (Å²) in [5, 5.41) is 0. The Morgan fingerprint density at radius 1 is 1.60 bits per heavy atom. The van der Waals surface area contributed by atoms with Gasteiger partial charge < -0.3 is 5.73 Å². The lowest BCUT2D eigenvalue weighted by atomic mass is 10.1. The van der Waals surface area contributed by atoms with Gasteiger partial charge in [0.25, 0.3) is 0 Å². The maximum atomic E-state index is 5.75. The van der Waals surface area contributed by atoms with Crippen LogP contribution in [0.25, 0.3) is 6.08 Å². The molecule has 0 saturated carbocycles. The third kappa shape index (κ3) is 3.21. The molecule has 4 heteroatoms. The van der Waals surface area contributed by atoms with Crippen molar-refractivity contribution < 1.29 is 0 Å². The van der Waals surface area contributed by atoms with E-state index in [4.69, 9.17) is 17.3 Å². The third-order valence-corrected chi connectivity index (χ3v) is 3.30. The molecule has 1 heterocycles. The normalized spacial score (nSPS) is 10.8. The first-order chi connectivity index (χ1) is 7.20. The van der Waals surface area contributed by atoms with Crippen molar-refractivity contribution in [2.45, 2.75) is 6.42 Å². The third-order valence-electron chi connectivity index (χ3n) is 1.92. The van der Waals surface area contributed by atoms with E-state index in [0.717, 1.165) is 21.1 Å². The fraction of sp³-hybridized carbons (Fsp3) is 0.182. The van der Waals surface area contributed by atoms with Crippen LogP contribution in [0.3, 0.4) is 0 Å². The molecule has 15 heavy (non-hydrogen) atoms. The fourth-order valence-corrected chi connectivity index (χ4v) is 1.98. The molecule has 1 aromatic heterocycles. The number of pyridine rings is 1. The minimum absolute atomic E-state index is 0.495. The van der Waals surface area contributed by atoms with Crippen molar-refractivity contribution in [1.82, 2.24) is 4.98 Å². The van der Waals surface area contributed by atoms with Gasteiger partial charge in [0.15, 0.2) is 0 Å². The van der Waals surface area contributed by atoms with Crippen molar-refractivity contribution in [2.24, 2.45) is 0 Å². The smallest absolute Gasteiger partial charge is 0.137 e. The predicted octanol–water partition coefficient (Wildman–Crippen LogP) is 3.25. The topological polar surface area (TPSA) is 38.9 Å². The highest BCUT2D eigenvalue weighted by molar-refractivity contribution is 14.1. The standard InChI is InChI=1S/C11H12ClIN2/c1-2-4-9-8(5-3-6-12)7-15-11(14)10(9)13/h2-3,5,7H,1,4,6H2,(H2,14,15)/b5-3-. The Kier molecular flexibility index (Phi) is 5.11. The number of hydrogen-bond acceptors (Lipinski definition) is 2. The van der Waals surface area contributed by atoms with Gasteiger partial charge in [-0.25, -0.2) is 4.98 Å². The van der Waals surface area contributed by atoms with E-state index < -0.39 is 0 Å². The van der Waals surface area contributed by atoms with Crippen LogP contribution in [-0.2, 0) is 6.42 Å². The van der Waals surface area contributed by atoms with Crippen molar-refractivity contribution in [1.29, 1.82) is 0 Å². The van der Waals surface area contributed by atoms with E-state index in [-0.39, 0.29) is 0 Å². The Morgan fingerprint density at radius 3 is 2.93 bits per heavy atom. The number of nitrogen functional groups attached to an aromatic ring is 1. The number of rotatable bonds is 4. The second-order valence-electron chi connectivity index (χ2n) is 2.94. The SMILES string of the molecule is C=CCc1c(/C=C\CCl)cnc(N)c1I. The first kappa shape index (κ1) is 12.5. The molecule has 0 bridgehead atoms. The summed E-state index contributed by atoms with van der Waals surface area (Å²) in [6.07, 6.45) is 8.25. The molecule has 0 aliphatic rings. The number of nitrogens with zero attached hydrogens (tertiary/aromatic N) is 1. The molecule has 0 aliphatic heterocycles. The van der Waals surface area contributed by atoms with Gasteiger partial charge in [0, 0.05) is 12.1 Å². The molecule has 0 amide bonds. The molecule has 0 spiro atoms. The second-order valence-corrected chi connectivity index (χ2v) is 4.33. The number of aromatic nitrogens is 1. The number of alkyl halides is 1. The summed E-state index contributed by atoms with van der Waals surface area (Å²) in [6.45, 7) is 3.73. The van der Waals surface area contributed by atoms with Crippen LogP contribution < -0.4 is 5.73 Å². The Morgan fingerprint density at radius 2 is 2.33 bits per heavy atom. The highest BCUT2D eigenvalue weighted by atomic mass is 127. The molecule has 2 nitrogen and oxygen atoms in total. The summed E-state index contributed by atoms with van der Waals surface area (Å²) in [4.78, 5) is 4.12. The van der Waals surface area contributed by atoms with Gasteiger partial charge in [-0.15, -0.1) is 18.2 Å². The average Bonchev–Trinajstić information content (AvgIpc) is 2.24. The van der Waals surface area contributed by atoms with Crippen molar-refractivity contribution in [2.75, 3.05) is 11.6 Å². The van der Waals surface area contributed by atoms with E-state index >= 15 is 0 Å². The maximum Gasteiger partial charge on any atom is 0.137 e. The Hall–Kier alpha value is -0.550. The zero-order valence-corrected chi connectivity index (χ0v) is 11.1. The van der Waals surface area contributed by atoms with Gasteiger partial charge in [0.2, 0.25) is 0 Å². The van der Waals surface area contributed by atoms with Crippen molar-refractivity contribution in [3.8, 4) is 0 Å². The largest absolute Gasteiger partial charge is 0.383 e. The number of hydrogen-bond donors (Lipinski definition) is 1. The number of nitrogens with two attached hydrogens (primary N) is 1. The first-order valence-electron chi connectivity index (χ1n) is 4.47. The number of anilines is 1. The van der Waals surface area contributed by atoms with E-state index in [9.17, 15) is 0 Å². The van der Waals surface area contributed by atoms with Gasteiger partial charge in [0.05, 0.1) is 3.57 Å². The molecular formula is C11H12ClIN2. The average molecular weight is 335 g/mol. The molecule has 0 aromatic carbocycles. The van der Waals surface area contributed by atoms with Gasteiger partial charge >= 0.3 is 0 Å². The zero-order chi connectivity index (χ0) is 11.3. The molecule has 1 rings (SSSR count). The van der Waals surface area contributed by atoms with Crippen LogP contribution in [0.15, 0.2) is 24.9 Å². The maximum absolute atomic E-state index is 5.75. The molecule has 0 fully saturated rings. The van der Waals surface area contributed by atoms with Crippen LogP contribution in [0.5, 0.6) is 0 Å². The summed E-state index contributed by atoms with van der Waals surface area (Å²) in [5.74, 6) is 1.06. The van der Waals surface area contributed by atoms with Crippen molar-refractivity contribution in [3.05, 3.63) is 39.6 Å². The van der Waals surface area contributed by atoms with Crippen LogP contribution >= 0.6 is 34.2 Å². The fourth-order valence-electron chi connectivity index (χ4n) is 1.22. The lowest BCUT2D eigenvalue weighted by molar-refractivity contribution is 1.18. The van der Waals surface area contributed by atoms with E-state index in [0.29, 0.717) is 11.7 Å². The highest BCUT2D eigenvalue weighted by Crippen LogP contribution is 2.23. The summed E-state index contributed by atoms with van der Waals surface area (Å²) in [7, 11) is 0. The minimum Gasteiger partial charge on any atom is -0.383 e. The molecule has 2 N–H and O–H groups in total. The Labute approximate surface area is 108 Å². The molecule has 0 atom stereocenters. The lowest BCUT2D eigenvalue weighted by Gasteiger charge is -2.08. The molecule has 0 aliphatic carbocycles. The van der Waals surface area contributed by atoms with Crippen molar-refractivity contribution in [3.63, 3.8) is 0 Å². The quantitative estimate of drug-likeness (QED) is 0.521. The second kappa shape index (κ2) is 6.12. The van der Waals surface area contributed by atoms with Crippen LogP contribution in [0.1, 0.15) is 11.1 Å². The summed E-state index contributed by atoms with van der Waals surface area (Å²) < 4.78 is 0.990. The van der Waals surface area contributed by atoms with E-state index in [1.54, 1.807) is 6.20 Å². The molecular weight excluding hydrogens is 322 g/mol. The van der Waals surface area contributed by atoms with Crippen LogP contribution in [0.4, 0.5) is 5.82 Å². The summed E-state index contributed by atoms with van der Waals surface area (Å²) in [6, 6.07) is 0. The van der Waals surface area contributed by atoms with Gasteiger partial charge in [-0.3, -0.25) is 0 Å². The van der Waals surface area contributed by atoms with E-state index in [2.05, 4.69) is 34.2 Å². The number of halogens is 2. The van der Waals surface area contributed by atoms with Crippen LogP contribution in [-0.4, -0.2) is 10.9 Å². The van der Waals surface area contributed by atoms with Gasteiger partial charge in [0.1, 0.15) is 5.82 Å². The summed E-state index contributed by atoms with van der Waals surface area (Å²) >= 11 is 7.80. The van der Waals surface area contributed by atoms with Gasteiger partial charge in [-0.1, -0.05) is 18.2 Å². The van der Waals surface area contributed by atoms with E-state index in [1.165, 1.54) is 0 Å². The Bertz CT molecular complexity index is 388. The van der Waals surface area contributed by atoms with Crippen molar-refractivity contribution >= 4 is 46.1 Å². The van der Waals surface area contributed by atoms with Gasteiger partial charge in [-0.05, 0) is 40.1 Å². The zero-order valence-electron chi connectivity index (χ0n) is 8.21. The van der Waals surface area contributed by atoms with E-state index in [1.807, 2.05) is 18.2 Å². The predicted molar refractivity (Wildman–Crippen MR) is 75.0 cm³/mol. The minimum atomic E-state index is 0.495. The summed E-state index contributed by atoms with van der Waals surface area (Å²) in [5.41, 5.74) is 7.95. The highest BCUT2D eigenvalue weighted by Gasteiger charge is 2.07. The van der Waals surface area contributed by atoms with Gasteiger partial charge in [-0.2, -0.15) is 0 Å². The molecule has 1 aromatic rings. The van der Waals surface area contributed by atoms with Crippen LogP contribution in [0.2, 0.25) is 0 Å². The molecule has 0 unspecified atom stereocenters. The first-order valence-corrected chi connectivity index (χ1v) is 6.08. The monoisotopic (exact) mass is 334 g/mol. The number of allylic oxidation sites excluding steroid dienone is 2. The lowest BCUT2D eigenvalue weighted by Crippen LogP contribution is -2.00. The molecule has 0 saturated heterocycles. The molecule has 80 valence electrons. The van der Waals surface area contributed by atoms with Crippen LogP contribution in [0, 0.1) is 3.57 Å². The Balaban J connectivity index is 3.19.